The second kappa shape index (κ2) is 9.78. The SMILES string of the molecule is COC(=O)CCCCCCCC(C(=O)O)C1CCCC1. The maximum Gasteiger partial charge on any atom is 0.306 e. The van der Waals surface area contributed by atoms with Crippen LogP contribution in [0.15, 0.2) is 0 Å². The van der Waals surface area contributed by atoms with Gasteiger partial charge >= 0.3 is 11.9 Å². The molecule has 20 heavy (non-hydrogen) atoms. The molecule has 0 aromatic heterocycles. The van der Waals surface area contributed by atoms with E-state index in [-0.39, 0.29) is 11.9 Å². The molecule has 0 saturated heterocycles. The number of rotatable bonds is 10. The van der Waals surface area contributed by atoms with Gasteiger partial charge in [0.25, 0.3) is 0 Å². The van der Waals surface area contributed by atoms with Crippen LogP contribution < -0.4 is 0 Å². The van der Waals surface area contributed by atoms with Crippen LogP contribution in [0.3, 0.4) is 0 Å². The monoisotopic (exact) mass is 284 g/mol. The predicted molar refractivity (Wildman–Crippen MR) is 77.4 cm³/mol. The zero-order valence-electron chi connectivity index (χ0n) is 12.6. The van der Waals surface area contributed by atoms with E-state index in [1.165, 1.54) is 20.0 Å². The fraction of sp³-hybridized carbons (Fsp3) is 0.875. The first-order valence-electron chi connectivity index (χ1n) is 7.94. The third-order valence-corrected chi connectivity index (χ3v) is 4.41. The van der Waals surface area contributed by atoms with Crippen molar-refractivity contribution in [3.05, 3.63) is 0 Å². The van der Waals surface area contributed by atoms with Crippen molar-refractivity contribution in [2.45, 2.75) is 70.6 Å². The van der Waals surface area contributed by atoms with E-state index in [2.05, 4.69) is 4.74 Å². The number of carbonyl (C=O) groups is 2. The van der Waals surface area contributed by atoms with Gasteiger partial charge < -0.3 is 9.84 Å². The highest BCUT2D eigenvalue weighted by Crippen LogP contribution is 2.34. The van der Waals surface area contributed by atoms with Crippen LogP contribution in [0.5, 0.6) is 0 Å². The smallest absolute Gasteiger partial charge is 0.306 e. The van der Waals surface area contributed by atoms with E-state index in [1.54, 1.807) is 0 Å². The molecule has 4 nitrogen and oxygen atoms in total. The molecule has 0 aromatic rings. The van der Waals surface area contributed by atoms with Crippen LogP contribution >= 0.6 is 0 Å². The quantitative estimate of drug-likeness (QED) is 0.490. The molecule has 1 N–H and O–H groups in total. The number of hydrogen-bond acceptors (Lipinski definition) is 3. The summed E-state index contributed by atoms with van der Waals surface area (Å²) in [7, 11) is 1.41. The van der Waals surface area contributed by atoms with Crippen molar-refractivity contribution in [1.29, 1.82) is 0 Å². The lowest BCUT2D eigenvalue weighted by molar-refractivity contribution is -0.144. The zero-order chi connectivity index (χ0) is 14.8. The molecule has 0 aromatic carbocycles. The number of unbranched alkanes of at least 4 members (excludes halogenated alkanes) is 4. The number of ether oxygens (including phenoxy) is 1. The minimum Gasteiger partial charge on any atom is -0.481 e. The Morgan fingerprint density at radius 3 is 2.30 bits per heavy atom. The minimum absolute atomic E-state index is 0.132. The normalized spacial score (nSPS) is 17.1. The highest BCUT2D eigenvalue weighted by atomic mass is 16.5. The second-order valence-corrected chi connectivity index (χ2v) is 5.87. The topological polar surface area (TPSA) is 63.6 Å². The molecular formula is C16H28O4. The second-order valence-electron chi connectivity index (χ2n) is 5.87. The largest absolute Gasteiger partial charge is 0.481 e. The molecule has 4 heteroatoms. The van der Waals surface area contributed by atoms with E-state index in [1.807, 2.05) is 0 Å². The fourth-order valence-corrected chi connectivity index (χ4v) is 3.19. The summed E-state index contributed by atoms with van der Waals surface area (Å²) in [5.41, 5.74) is 0. The molecule has 0 amide bonds. The third-order valence-electron chi connectivity index (χ3n) is 4.41. The fourth-order valence-electron chi connectivity index (χ4n) is 3.19. The Bertz CT molecular complexity index is 295. The van der Waals surface area contributed by atoms with E-state index < -0.39 is 5.97 Å². The van der Waals surface area contributed by atoms with Crippen LogP contribution in [0.25, 0.3) is 0 Å². The molecule has 1 saturated carbocycles. The van der Waals surface area contributed by atoms with E-state index in [0.29, 0.717) is 12.3 Å². The molecule has 0 spiro atoms. The van der Waals surface area contributed by atoms with Crippen molar-refractivity contribution in [2.24, 2.45) is 11.8 Å². The van der Waals surface area contributed by atoms with Crippen molar-refractivity contribution >= 4 is 11.9 Å². The number of esters is 1. The van der Waals surface area contributed by atoms with Gasteiger partial charge in [0.05, 0.1) is 13.0 Å². The van der Waals surface area contributed by atoms with Gasteiger partial charge in [0.2, 0.25) is 0 Å². The average molecular weight is 284 g/mol. The molecule has 1 aliphatic carbocycles. The van der Waals surface area contributed by atoms with Crippen molar-refractivity contribution in [2.75, 3.05) is 7.11 Å². The van der Waals surface area contributed by atoms with E-state index >= 15 is 0 Å². The summed E-state index contributed by atoms with van der Waals surface area (Å²) in [6.07, 6.45) is 10.9. The zero-order valence-corrected chi connectivity index (χ0v) is 12.6. The number of carboxylic acid groups (broad SMARTS) is 1. The molecule has 0 bridgehead atoms. The Kier molecular flexibility index (Phi) is 8.31. The van der Waals surface area contributed by atoms with E-state index in [4.69, 9.17) is 0 Å². The highest BCUT2D eigenvalue weighted by molar-refractivity contribution is 5.70. The molecule has 0 aliphatic heterocycles. The Morgan fingerprint density at radius 1 is 1.10 bits per heavy atom. The van der Waals surface area contributed by atoms with Crippen molar-refractivity contribution in [1.82, 2.24) is 0 Å². The Morgan fingerprint density at radius 2 is 1.70 bits per heavy atom. The number of carbonyl (C=O) groups excluding carboxylic acids is 1. The van der Waals surface area contributed by atoms with Crippen LogP contribution in [-0.2, 0) is 14.3 Å². The molecule has 0 radical (unpaired) electrons. The molecule has 116 valence electrons. The van der Waals surface area contributed by atoms with Gasteiger partial charge in [0.15, 0.2) is 0 Å². The lowest BCUT2D eigenvalue weighted by Crippen LogP contribution is -2.21. The van der Waals surface area contributed by atoms with Crippen molar-refractivity contribution in [3.63, 3.8) is 0 Å². The number of aliphatic carboxylic acids is 1. The third kappa shape index (κ3) is 6.40. The number of hydrogen-bond donors (Lipinski definition) is 1. The maximum atomic E-state index is 11.3. The molecule has 1 unspecified atom stereocenters. The van der Waals surface area contributed by atoms with Crippen LogP contribution in [0.4, 0.5) is 0 Å². The van der Waals surface area contributed by atoms with Gasteiger partial charge in [-0.1, -0.05) is 38.5 Å². The first-order valence-corrected chi connectivity index (χ1v) is 7.94. The average Bonchev–Trinajstić information content (AvgIpc) is 2.94. The molecule has 1 aliphatic rings. The van der Waals surface area contributed by atoms with Crippen LogP contribution in [-0.4, -0.2) is 24.2 Å². The first-order chi connectivity index (χ1) is 9.65. The van der Waals surface area contributed by atoms with Crippen LogP contribution in [0.2, 0.25) is 0 Å². The molecule has 1 rings (SSSR count). The van der Waals surface area contributed by atoms with Gasteiger partial charge in [-0.3, -0.25) is 9.59 Å². The Hall–Kier alpha value is -1.06. The van der Waals surface area contributed by atoms with Gasteiger partial charge in [-0.05, 0) is 31.6 Å². The van der Waals surface area contributed by atoms with Crippen LogP contribution in [0, 0.1) is 11.8 Å². The van der Waals surface area contributed by atoms with Gasteiger partial charge in [-0.25, -0.2) is 0 Å². The summed E-state index contributed by atoms with van der Waals surface area (Å²) in [4.78, 5) is 22.2. The Balaban J connectivity index is 2.06. The van der Waals surface area contributed by atoms with E-state index in [0.717, 1.165) is 51.4 Å². The van der Waals surface area contributed by atoms with Crippen molar-refractivity contribution < 1.29 is 19.4 Å². The standard InChI is InChI=1S/C16H28O4/c1-20-15(17)12-6-4-2-3-5-11-14(16(18)19)13-9-7-8-10-13/h13-14H,2-12H2,1H3,(H,18,19). The minimum atomic E-state index is -0.609. The highest BCUT2D eigenvalue weighted by Gasteiger charge is 2.29. The lowest BCUT2D eigenvalue weighted by atomic mass is 9.86. The van der Waals surface area contributed by atoms with Crippen LogP contribution in [0.1, 0.15) is 70.6 Å². The number of methoxy groups -OCH3 is 1. The number of carboxylic acids is 1. The molecular weight excluding hydrogens is 256 g/mol. The van der Waals surface area contributed by atoms with Gasteiger partial charge in [-0.15, -0.1) is 0 Å². The van der Waals surface area contributed by atoms with Crippen molar-refractivity contribution in [3.8, 4) is 0 Å². The lowest BCUT2D eigenvalue weighted by Gasteiger charge is -2.18. The summed E-state index contributed by atoms with van der Waals surface area (Å²) >= 11 is 0. The summed E-state index contributed by atoms with van der Waals surface area (Å²) in [5.74, 6) is -0.473. The maximum absolute atomic E-state index is 11.3. The summed E-state index contributed by atoms with van der Waals surface area (Å²) in [6, 6.07) is 0. The Labute approximate surface area is 121 Å². The van der Waals surface area contributed by atoms with Gasteiger partial charge in [0, 0.05) is 6.42 Å². The summed E-state index contributed by atoms with van der Waals surface area (Å²) in [6.45, 7) is 0. The molecule has 1 fully saturated rings. The molecule has 0 heterocycles. The molecule has 1 atom stereocenters. The van der Waals surface area contributed by atoms with Gasteiger partial charge in [-0.2, -0.15) is 0 Å². The predicted octanol–water partition coefficient (Wildman–Crippen LogP) is 3.78. The summed E-state index contributed by atoms with van der Waals surface area (Å²) in [5, 5.41) is 9.31. The summed E-state index contributed by atoms with van der Waals surface area (Å²) < 4.78 is 4.59. The van der Waals surface area contributed by atoms with Gasteiger partial charge in [0.1, 0.15) is 0 Å². The first kappa shape index (κ1) is 17.0. The van der Waals surface area contributed by atoms with E-state index in [9.17, 15) is 14.7 Å².